The van der Waals surface area contributed by atoms with E-state index in [1.165, 1.54) is 25.7 Å². The van der Waals surface area contributed by atoms with Gasteiger partial charge in [0.25, 0.3) is 5.91 Å². The summed E-state index contributed by atoms with van der Waals surface area (Å²) in [6.07, 6.45) is 7.94. The van der Waals surface area contributed by atoms with Crippen molar-refractivity contribution in [1.82, 2.24) is 5.32 Å². The van der Waals surface area contributed by atoms with E-state index in [2.05, 4.69) is 12.2 Å². The number of rotatable bonds is 9. The first-order valence-electron chi connectivity index (χ1n) is 8.91. The summed E-state index contributed by atoms with van der Waals surface area (Å²) in [5.41, 5.74) is 2.70. The Kier molecular flexibility index (Phi) is 7.82. The number of nitrogens with one attached hydrogen (secondary N) is 1. The van der Waals surface area contributed by atoms with Gasteiger partial charge in [-0.25, -0.2) is 0 Å². The van der Waals surface area contributed by atoms with E-state index >= 15 is 0 Å². The molecule has 2 aromatic carbocycles. The fraction of sp³-hybridized carbons (Fsp3) is 0.318. The summed E-state index contributed by atoms with van der Waals surface area (Å²) in [5, 5.41) is 3.07. The molecule has 24 heavy (non-hydrogen) atoms. The molecule has 0 fully saturated rings. The number of carbonyl (C=O) groups is 1. The zero-order valence-corrected chi connectivity index (χ0v) is 14.5. The third kappa shape index (κ3) is 6.04. The van der Waals surface area contributed by atoms with Gasteiger partial charge >= 0.3 is 0 Å². The second kappa shape index (κ2) is 10.4. The summed E-state index contributed by atoms with van der Waals surface area (Å²) in [6, 6.07) is 19.8. The minimum absolute atomic E-state index is 0.000504. The van der Waals surface area contributed by atoms with Gasteiger partial charge in [-0.1, -0.05) is 93.3 Å². The molecule has 2 nitrogen and oxygen atoms in total. The van der Waals surface area contributed by atoms with Crippen molar-refractivity contribution in [3.05, 3.63) is 71.8 Å². The van der Waals surface area contributed by atoms with Gasteiger partial charge in [0.2, 0.25) is 0 Å². The number of hydrogen-bond donors (Lipinski definition) is 1. The van der Waals surface area contributed by atoms with Crippen LogP contribution in [-0.4, -0.2) is 12.5 Å². The first-order chi connectivity index (χ1) is 11.8. The molecule has 0 aliphatic rings. The van der Waals surface area contributed by atoms with Crippen LogP contribution in [0.3, 0.4) is 0 Å². The SMILES string of the molecule is CCCCCCCNC(=O)/C(=C/c1ccccc1)c1ccccc1. The van der Waals surface area contributed by atoms with Crippen molar-refractivity contribution in [1.29, 1.82) is 0 Å². The quantitative estimate of drug-likeness (QED) is 0.378. The Morgan fingerprint density at radius 1 is 0.875 bits per heavy atom. The highest BCUT2D eigenvalue weighted by Crippen LogP contribution is 2.18. The van der Waals surface area contributed by atoms with E-state index in [0.717, 1.165) is 29.7 Å². The van der Waals surface area contributed by atoms with Gasteiger partial charge in [-0.15, -0.1) is 0 Å². The predicted octanol–water partition coefficient (Wildman–Crippen LogP) is 5.31. The molecule has 1 N–H and O–H groups in total. The molecule has 0 aliphatic carbocycles. The first kappa shape index (κ1) is 18.0. The summed E-state index contributed by atoms with van der Waals surface area (Å²) in [7, 11) is 0. The van der Waals surface area contributed by atoms with E-state index in [0.29, 0.717) is 0 Å². The molecule has 2 rings (SSSR count). The minimum Gasteiger partial charge on any atom is -0.352 e. The molecule has 126 valence electrons. The molecule has 0 aromatic heterocycles. The molecule has 0 saturated heterocycles. The Morgan fingerprint density at radius 3 is 2.17 bits per heavy atom. The highest BCUT2D eigenvalue weighted by atomic mass is 16.1. The van der Waals surface area contributed by atoms with E-state index in [9.17, 15) is 4.79 Å². The van der Waals surface area contributed by atoms with Crippen LogP contribution in [0.25, 0.3) is 11.6 Å². The van der Waals surface area contributed by atoms with Crippen molar-refractivity contribution in [3.63, 3.8) is 0 Å². The molecular formula is C22H27NO. The average molecular weight is 321 g/mol. The maximum Gasteiger partial charge on any atom is 0.251 e. The molecule has 0 unspecified atom stereocenters. The van der Waals surface area contributed by atoms with Gasteiger partial charge in [-0.05, 0) is 23.6 Å². The van der Waals surface area contributed by atoms with Crippen LogP contribution < -0.4 is 5.32 Å². The number of benzene rings is 2. The summed E-state index contributed by atoms with van der Waals surface area (Å²) in [6.45, 7) is 2.95. The maximum absolute atomic E-state index is 12.7. The van der Waals surface area contributed by atoms with Crippen LogP contribution in [0.15, 0.2) is 60.7 Å². The van der Waals surface area contributed by atoms with Crippen molar-refractivity contribution >= 4 is 17.6 Å². The van der Waals surface area contributed by atoms with Crippen LogP contribution in [0.1, 0.15) is 50.2 Å². The second-order valence-electron chi connectivity index (χ2n) is 6.00. The molecule has 1 amide bonds. The number of amides is 1. The zero-order chi connectivity index (χ0) is 17.0. The topological polar surface area (TPSA) is 29.1 Å². The summed E-state index contributed by atoms with van der Waals surface area (Å²) in [4.78, 5) is 12.7. The smallest absolute Gasteiger partial charge is 0.251 e. The predicted molar refractivity (Wildman–Crippen MR) is 103 cm³/mol. The van der Waals surface area contributed by atoms with Crippen molar-refractivity contribution in [2.24, 2.45) is 0 Å². The van der Waals surface area contributed by atoms with Crippen molar-refractivity contribution in [2.45, 2.75) is 39.0 Å². The van der Waals surface area contributed by atoms with Crippen molar-refractivity contribution in [2.75, 3.05) is 6.54 Å². The molecule has 0 atom stereocenters. The van der Waals surface area contributed by atoms with Gasteiger partial charge in [0, 0.05) is 12.1 Å². The Morgan fingerprint density at radius 2 is 1.50 bits per heavy atom. The van der Waals surface area contributed by atoms with E-state index in [-0.39, 0.29) is 5.91 Å². The highest BCUT2D eigenvalue weighted by Gasteiger charge is 2.11. The molecule has 0 bridgehead atoms. The Labute approximate surface area is 145 Å². The third-order valence-electron chi connectivity index (χ3n) is 4.01. The second-order valence-corrected chi connectivity index (χ2v) is 6.00. The van der Waals surface area contributed by atoms with E-state index in [4.69, 9.17) is 0 Å². The Bertz CT molecular complexity index is 632. The van der Waals surface area contributed by atoms with Gasteiger partial charge in [0.15, 0.2) is 0 Å². The fourth-order valence-electron chi connectivity index (χ4n) is 2.64. The normalized spacial score (nSPS) is 11.3. The van der Waals surface area contributed by atoms with Crippen LogP contribution in [0.2, 0.25) is 0 Å². The molecule has 2 heteroatoms. The summed E-state index contributed by atoms with van der Waals surface area (Å²) >= 11 is 0. The molecule has 0 saturated carbocycles. The van der Waals surface area contributed by atoms with Crippen molar-refractivity contribution < 1.29 is 4.79 Å². The number of carbonyl (C=O) groups excluding carboxylic acids is 1. The first-order valence-corrected chi connectivity index (χ1v) is 8.91. The molecule has 0 aliphatic heterocycles. The third-order valence-corrected chi connectivity index (χ3v) is 4.01. The van der Waals surface area contributed by atoms with Gasteiger partial charge in [-0.2, -0.15) is 0 Å². The van der Waals surface area contributed by atoms with Gasteiger partial charge in [0.1, 0.15) is 0 Å². The molecule has 0 spiro atoms. The Balaban J connectivity index is 2.03. The number of hydrogen-bond acceptors (Lipinski definition) is 1. The van der Waals surface area contributed by atoms with E-state index in [1.807, 2.05) is 66.7 Å². The highest BCUT2D eigenvalue weighted by molar-refractivity contribution is 6.24. The van der Waals surface area contributed by atoms with Crippen molar-refractivity contribution in [3.8, 4) is 0 Å². The van der Waals surface area contributed by atoms with Crippen LogP contribution in [0.4, 0.5) is 0 Å². The van der Waals surface area contributed by atoms with Crippen LogP contribution in [-0.2, 0) is 4.79 Å². The average Bonchev–Trinajstić information content (AvgIpc) is 2.64. The minimum atomic E-state index is 0.000504. The fourth-order valence-corrected chi connectivity index (χ4v) is 2.64. The van der Waals surface area contributed by atoms with E-state index in [1.54, 1.807) is 0 Å². The lowest BCUT2D eigenvalue weighted by Gasteiger charge is -2.10. The zero-order valence-electron chi connectivity index (χ0n) is 14.5. The molecule has 0 heterocycles. The summed E-state index contributed by atoms with van der Waals surface area (Å²) in [5.74, 6) is 0.000504. The maximum atomic E-state index is 12.7. The molecule has 2 aromatic rings. The van der Waals surface area contributed by atoms with Crippen LogP contribution in [0.5, 0.6) is 0 Å². The lowest BCUT2D eigenvalue weighted by atomic mass is 10.0. The van der Waals surface area contributed by atoms with Crippen LogP contribution >= 0.6 is 0 Å². The van der Waals surface area contributed by atoms with Crippen LogP contribution in [0, 0.1) is 0 Å². The van der Waals surface area contributed by atoms with E-state index < -0.39 is 0 Å². The largest absolute Gasteiger partial charge is 0.352 e. The molecular weight excluding hydrogens is 294 g/mol. The molecule has 0 radical (unpaired) electrons. The number of unbranched alkanes of at least 4 members (excludes halogenated alkanes) is 4. The summed E-state index contributed by atoms with van der Waals surface area (Å²) < 4.78 is 0. The van der Waals surface area contributed by atoms with Gasteiger partial charge in [-0.3, -0.25) is 4.79 Å². The van der Waals surface area contributed by atoms with Gasteiger partial charge in [0.05, 0.1) is 0 Å². The lowest BCUT2D eigenvalue weighted by molar-refractivity contribution is -0.115. The monoisotopic (exact) mass is 321 g/mol. The van der Waals surface area contributed by atoms with Gasteiger partial charge < -0.3 is 5.32 Å². The standard InChI is InChI=1S/C22H27NO/c1-2-3-4-5-12-17-23-22(24)21(20-15-10-7-11-16-20)18-19-13-8-6-9-14-19/h6-11,13-16,18H,2-5,12,17H2,1H3,(H,23,24)/b21-18+. The lowest BCUT2D eigenvalue weighted by Crippen LogP contribution is -2.25. The Hall–Kier alpha value is -2.35.